The summed E-state index contributed by atoms with van der Waals surface area (Å²) in [6.45, 7) is 2.19. The van der Waals surface area contributed by atoms with Crippen molar-refractivity contribution in [2.75, 3.05) is 6.61 Å². The Morgan fingerprint density at radius 3 is 2.84 bits per heavy atom. The lowest BCUT2D eigenvalue weighted by Gasteiger charge is -2.43. The van der Waals surface area contributed by atoms with Gasteiger partial charge in [0.1, 0.15) is 11.1 Å². The quantitative estimate of drug-likeness (QED) is 0.729. The van der Waals surface area contributed by atoms with Crippen LogP contribution in [0.3, 0.4) is 0 Å². The monoisotopic (exact) mass is 285 g/mol. The summed E-state index contributed by atoms with van der Waals surface area (Å²) in [6, 6.07) is 0. The van der Waals surface area contributed by atoms with Gasteiger partial charge in [0, 0.05) is 11.5 Å². The number of aliphatic carboxylic acids is 1. The topological polar surface area (TPSA) is 87.1 Å². The number of carboxylic acid groups (broad SMARTS) is 1. The van der Waals surface area contributed by atoms with Crippen LogP contribution in [-0.2, 0) is 14.3 Å². The summed E-state index contributed by atoms with van der Waals surface area (Å²) in [4.78, 5) is 25.3. The lowest BCUT2D eigenvalue weighted by molar-refractivity contribution is -0.156. The number of hydrogen-bond donors (Lipinski definition) is 2. The number of aliphatic hydroxyl groups is 1. The molecule has 3 heterocycles. The van der Waals surface area contributed by atoms with Gasteiger partial charge in [0.15, 0.2) is 0 Å². The SMILES string of the molecule is C[C@H](O)[C@@H]1C(=O)N2C(C(=O)O)=C([C@@H]3CCCO3)S[C@@H]12. The van der Waals surface area contributed by atoms with Gasteiger partial charge in [-0.2, -0.15) is 0 Å². The molecule has 2 N–H and O–H groups in total. The van der Waals surface area contributed by atoms with Gasteiger partial charge in [-0.25, -0.2) is 4.79 Å². The maximum Gasteiger partial charge on any atom is 0.353 e. The molecule has 0 radical (unpaired) electrons. The number of thioether (sulfide) groups is 1. The van der Waals surface area contributed by atoms with Crippen LogP contribution in [0.15, 0.2) is 10.6 Å². The van der Waals surface area contributed by atoms with Gasteiger partial charge in [0.2, 0.25) is 5.91 Å². The van der Waals surface area contributed by atoms with E-state index >= 15 is 0 Å². The van der Waals surface area contributed by atoms with Crippen LogP contribution in [0.2, 0.25) is 0 Å². The fourth-order valence-electron chi connectivity index (χ4n) is 2.82. The summed E-state index contributed by atoms with van der Waals surface area (Å²) >= 11 is 1.35. The Labute approximate surface area is 114 Å². The molecule has 0 spiro atoms. The zero-order valence-electron chi connectivity index (χ0n) is 10.4. The highest BCUT2D eigenvalue weighted by molar-refractivity contribution is 8.04. The van der Waals surface area contributed by atoms with Crippen LogP contribution < -0.4 is 0 Å². The number of aliphatic hydroxyl groups excluding tert-OH is 1. The number of carbonyl (C=O) groups excluding carboxylic acids is 1. The second-order valence-electron chi connectivity index (χ2n) is 5.00. The average Bonchev–Trinajstić information content (AvgIpc) is 2.92. The third-order valence-electron chi connectivity index (χ3n) is 3.75. The zero-order valence-corrected chi connectivity index (χ0v) is 11.2. The Kier molecular flexibility index (Phi) is 3.07. The van der Waals surface area contributed by atoms with Crippen molar-refractivity contribution < 1.29 is 24.5 Å². The smallest absolute Gasteiger partial charge is 0.353 e. The maximum atomic E-state index is 12.0. The van der Waals surface area contributed by atoms with Crippen molar-refractivity contribution in [2.24, 2.45) is 5.92 Å². The first-order chi connectivity index (χ1) is 9.02. The summed E-state index contributed by atoms with van der Waals surface area (Å²) in [5.74, 6) is -1.92. The van der Waals surface area contributed by atoms with E-state index < -0.39 is 18.0 Å². The van der Waals surface area contributed by atoms with E-state index in [4.69, 9.17) is 4.74 Å². The molecular formula is C12H15NO5S. The van der Waals surface area contributed by atoms with Crippen LogP contribution in [0.4, 0.5) is 0 Å². The highest BCUT2D eigenvalue weighted by Gasteiger charge is 2.58. The molecule has 3 aliphatic heterocycles. The predicted octanol–water partition coefficient (Wildman–Crippen LogP) is 0.374. The highest BCUT2D eigenvalue weighted by Crippen LogP contribution is 2.52. The lowest BCUT2D eigenvalue weighted by Crippen LogP contribution is -2.60. The fraction of sp³-hybridized carbons (Fsp3) is 0.667. The number of amides is 1. The molecule has 2 fully saturated rings. The molecule has 4 atom stereocenters. The molecule has 2 saturated heterocycles. The second kappa shape index (κ2) is 4.50. The van der Waals surface area contributed by atoms with Crippen molar-refractivity contribution in [2.45, 2.75) is 37.3 Å². The molecule has 0 aromatic rings. The third kappa shape index (κ3) is 1.79. The maximum absolute atomic E-state index is 12.0. The zero-order chi connectivity index (χ0) is 13.7. The summed E-state index contributed by atoms with van der Waals surface area (Å²) in [5.41, 5.74) is 0.0452. The molecule has 19 heavy (non-hydrogen) atoms. The molecule has 104 valence electrons. The molecule has 0 unspecified atom stereocenters. The molecule has 0 aliphatic carbocycles. The molecular weight excluding hydrogens is 270 g/mol. The lowest BCUT2D eigenvalue weighted by atomic mass is 9.92. The van der Waals surface area contributed by atoms with Crippen LogP contribution in [0.25, 0.3) is 0 Å². The third-order valence-corrected chi connectivity index (χ3v) is 5.21. The number of carbonyl (C=O) groups is 2. The highest BCUT2D eigenvalue weighted by atomic mass is 32.2. The molecule has 7 heteroatoms. The first-order valence-electron chi connectivity index (χ1n) is 6.29. The average molecular weight is 285 g/mol. The van der Waals surface area contributed by atoms with E-state index in [1.54, 1.807) is 6.92 Å². The second-order valence-corrected chi connectivity index (χ2v) is 6.16. The van der Waals surface area contributed by atoms with Crippen molar-refractivity contribution in [3.63, 3.8) is 0 Å². The van der Waals surface area contributed by atoms with Crippen LogP contribution in [-0.4, -0.2) is 51.2 Å². The Morgan fingerprint density at radius 1 is 1.58 bits per heavy atom. The Hall–Kier alpha value is -1.05. The van der Waals surface area contributed by atoms with E-state index in [1.165, 1.54) is 16.7 Å². The van der Waals surface area contributed by atoms with Gasteiger partial charge in [-0.3, -0.25) is 9.69 Å². The van der Waals surface area contributed by atoms with Gasteiger partial charge in [-0.1, -0.05) is 11.8 Å². The van der Waals surface area contributed by atoms with Crippen molar-refractivity contribution >= 4 is 23.6 Å². The van der Waals surface area contributed by atoms with Crippen LogP contribution >= 0.6 is 11.8 Å². The van der Waals surface area contributed by atoms with E-state index in [-0.39, 0.29) is 23.1 Å². The van der Waals surface area contributed by atoms with Gasteiger partial charge in [-0.05, 0) is 19.8 Å². The van der Waals surface area contributed by atoms with Crippen molar-refractivity contribution in [3.8, 4) is 0 Å². The minimum atomic E-state index is -1.10. The molecule has 3 aliphatic rings. The van der Waals surface area contributed by atoms with Crippen LogP contribution in [0.5, 0.6) is 0 Å². The fourth-order valence-corrected chi connectivity index (χ4v) is 4.52. The molecule has 3 rings (SSSR count). The van der Waals surface area contributed by atoms with E-state index in [0.29, 0.717) is 11.5 Å². The number of fused-ring (bicyclic) bond motifs is 1. The number of ether oxygens (including phenoxy) is 1. The predicted molar refractivity (Wildman–Crippen MR) is 67.0 cm³/mol. The summed E-state index contributed by atoms with van der Waals surface area (Å²) in [7, 11) is 0. The first-order valence-corrected chi connectivity index (χ1v) is 7.17. The Morgan fingerprint density at radius 2 is 2.32 bits per heavy atom. The van der Waals surface area contributed by atoms with Gasteiger partial charge in [0.05, 0.1) is 18.1 Å². The number of rotatable bonds is 3. The number of carboxylic acids is 1. The van der Waals surface area contributed by atoms with Crippen molar-refractivity contribution in [1.82, 2.24) is 4.90 Å². The Balaban J connectivity index is 1.91. The number of hydrogen-bond acceptors (Lipinski definition) is 5. The molecule has 6 nitrogen and oxygen atoms in total. The van der Waals surface area contributed by atoms with E-state index in [1.807, 2.05) is 0 Å². The summed E-state index contributed by atoms with van der Waals surface area (Å²) < 4.78 is 5.53. The number of nitrogens with zero attached hydrogens (tertiary/aromatic N) is 1. The van der Waals surface area contributed by atoms with E-state index in [2.05, 4.69) is 0 Å². The number of β-lactam (4-membered cyclic amide) rings is 1. The standard InChI is InChI=1S/C12H15NO5S/c1-5(14)7-10(15)13-8(12(16)17)9(19-11(7)13)6-3-2-4-18-6/h5-7,11,14H,2-4H2,1H3,(H,16,17)/t5-,6-,7+,11-/m0/s1. The van der Waals surface area contributed by atoms with E-state index in [9.17, 15) is 19.8 Å². The van der Waals surface area contributed by atoms with Crippen LogP contribution in [0.1, 0.15) is 19.8 Å². The normalized spacial score (nSPS) is 35.4. The first kappa shape index (κ1) is 13.0. The molecule has 0 bridgehead atoms. The molecule has 0 saturated carbocycles. The minimum Gasteiger partial charge on any atom is -0.477 e. The molecule has 1 amide bonds. The van der Waals surface area contributed by atoms with Crippen molar-refractivity contribution in [1.29, 1.82) is 0 Å². The van der Waals surface area contributed by atoms with Crippen molar-refractivity contribution in [3.05, 3.63) is 10.6 Å². The summed E-state index contributed by atoms with van der Waals surface area (Å²) in [5, 5.41) is 18.6. The van der Waals surface area contributed by atoms with E-state index in [0.717, 1.165) is 12.8 Å². The van der Waals surface area contributed by atoms with Crippen LogP contribution in [0, 0.1) is 5.92 Å². The summed E-state index contributed by atoms with van der Waals surface area (Å²) in [6.07, 6.45) is 0.706. The van der Waals surface area contributed by atoms with Gasteiger partial charge in [0.25, 0.3) is 0 Å². The van der Waals surface area contributed by atoms with Gasteiger partial charge >= 0.3 is 5.97 Å². The molecule has 0 aromatic carbocycles. The Bertz CT molecular complexity index is 469. The van der Waals surface area contributed by atoms with Gasteiger partial charge in [-0.15, -0.1) is 0 Å². The van der Waals surface area contributed by atoms with Gasteiger partial charge < -0.3 is 14.9 Å². The largest absolute Gasteiger partial charge is 0.477 e. The molecule has 0 aromatic heterocycles. The minimum absolute atomic E-state index is 0.0452.